The molecule has 0 bridgehead atoms. The quantitative estimate of drug-likeness (QED) is 0.568. The smallest absolute Gasteiger partial charge is 0.263 e. The second-order valence-corrected chi connectivity index (χ2v) is 10.6. The number of aryl methyl sites for hydroxylation is 1. The van der Waals surface area contributed by atoms with E-state index in [1.54, 1.807) is 29.6 Å². The molecule has 1 saturated heterocycles. The molecule has 0 radical (unpaired) electrons. The highest BCUT2D eigenvalue weighted by Crippen LogP contribution is 2.23. The van der Waals surface area contributed by atoms with Gasteiger partial charge in [0.25, 0.3) is 10.0 Å². The first kappa shape index (κ1) is 22.6. The average molecular weight is 491 g/mol. The van der Waals surface area contributed by atoms with Crippen molar-refractivity contribution in [1.29, 1.82) is 0 Å². The Kier molecular flexibility index (Phi) is 6.68. The van der Waals surface area contributed by atoms with Gasteiger partial charge in [0, 0.05) is 42.3 Å². The first-order valence-electron chi connectivity index (χ1n) is 10.1. The molecular weight excluding hydrogens is 468 g/mol. The lowest BCUT2D eigenvalue weighted by Gasteiger charge is -2.36. The summed E-state index contributed by atoms with van der Waals surface area (Å²) in [6.45, 7) is 4.57. The topological polar surface area (TPSA) is 82.6 Å². The molecule has 4 rings (SSSR count). The molecule has 32 heavy (non-hydrogen) atoms. The number of sulfonamides is 1. The zero-order valence-corrected chi connectivity index (χ0v) is 19.9. The Morgan fingerprint density at radius 3 is 2.53 bits per heavy atom. The molecule has 0 atom stereocenters. The molecule has 10 heteroatoms. The Balaban J connectivity index is 1.32. The van der Waals surface area contributed by atoms with E-state index >= 15 is 0 Å². The van der Waals surface area contributed by atoms with Gasteiger partial charge >= 0.3 is 0 Å². The highest BCUT2D eigenvalue weighted by Gasteiger charge is 2.23. The molecule has 0 unspecified atom stereocenters. The molecule has 1 aliphatic heterocycles. The molecule has 168 valence electrons. The number of rotatable bonds is 6. The van der Waals surface area contributed by atoms with Gasteiger partial charge in [-0.25, -0.2) is 13.4 Å². The number of halogens is 1. The third-order valence-corrected chi connectivity index (χ3v) is 7.77. The highest BCUT2D eigenvalue weighted by atomic mass is 35.5. The second kappa shape index (κ2) is 9.48. The summed E-state index contributed by atoms with van der Waals surface area (Å²) in [4.78, 5) is 21.2. The summed E-state index contributed by atoms with van der Waals surface area (Å²) in [5.74, 6) is -0.0195. The minimum atomic E-state index is -3.71. The van der Waals surface area contributed by atoms with E-state index in [1.165, 1.54) is 11.3 Å². The average Bonchev–Trinajstić information content (AvgIpc) is 3.20. The van der Waals surface area contributed by atoms with Gasteiger partial charge in [-0.3, -0.25) is 9.52 Å². The summed E-state index contributed by atoms with van der Waals surface area (Å²) in [5, 5.41) is 2.66. The first-order chi connectivity index (χ1) is 15.3. The first-order valence-corrected chi connectivity index (χ1v) is 12.9. The van der Waals surface area contributed by atoms with E-state index < -0.39 is 10.0 Å². The number of hydrogen-bond acceptors (Lipinski definition) is 6. The number of amides is 1. The van der Waals surface area contributed by atoms with Crippen LogP contribution in [0.15, 0.2) is 58.8 Å². The highest BCUT2D eigenvalue weighted by molar-refractivity contribution is 7.93. The minimum absolute atomic E-state index is 0.0195. The van der Waals surface area contributed by atoms with E-state index in [4.69, 9.17) is 11.6 Å². The van der Waals surface area contributed by atoms with E-state index in [2.05, 4.69) is 14.6 Å². The van der Waals surface area contributed by atoms with Crippen molar-refractivity contribution in [3.63, 3.8) is 0 Å². The normalized spacial score (nSPS) is 14.4. The summed E-state index contributed by atoms with van der Waals surface area (Å²) in [6.07, 6.45) is 0.139. The van der Waals surface area contributed by atoms with Gasteiger partial charge in [0.15, 0.2) is 5.13 Å². The zero-order chi connectivity index (χ0) is 22.7. The molecule has 0 spiro atoms. The van der Waals surface area contributed by atoms with Crippen molar-refractivity contribution in [3.8, 4) is 0 Å². The largest absolute Gasteiger partial charge is 0.368 e. The third-order valence-electron chi connectivity index (χ3n) is 5.24. The summed E-state index contributed by atoms with van der Waals surface area (Å²) >= 11 is 7.25. The third kappa shape index (κ3) is 5.40. The fourth-order valence-electron chi connectivity index (χ4n) is 3.48. The molecule has 0 aliphatic carbocycles. The second-order valence-electron chi connectivity index (χ2n) is 7.59. The predicted molar refractivity (Wildman–Crippen MR) is 128 cm³/mol. The van der Waals surface area contributed by atoms with Crippen LogP contribution in [0.3, 0.4) is 0 Å². The van der Waals surface area contributed by atoms with E-state index in [1.807, 2.05) is 36.1 Å². The van der Waals surface area contributed by atoms with Crippen molar-refractivity contribution in [2.45, 2.75) is 18.2 Å². The lowest BCUT2D eigenvalue weighted by molar-refractivity contribution is -0.130. The number of benzene rings is 2. The van der Waals surface area contributed by atoms with E-state index in [0.717, 1.165) is 24.3 Å². The maximum absolute atomic E-state index is 12.7. The van der Waals surface area contributed by atoms with Crippen molar-refractivity contribution in [2.24, 2.45) is 0 Å². The van der Waals surface area contributed by atoms with Gasteiger partial charge in [0.1, 0.15) is 0 Å². The number of anilines is 2. The van der Waals surface area contributed by atoms with Crippen LogP contribution in [0.1, 0.15) is 11.3 Å². The fourth-order valence-corrected chi connectivity index (χ4v) is 5.63. The molecule has 7 nitrogen and oxygen atoms in total. The van der Waals surface area contributed by atoms with Crippen molar-refractivity contribution >= 4 is 49.7 Å². The van der Waals surface area contributed by atoms with Gasteiger partial charge in [-0.2, -0.15) is 0 Å². The Morgan fingerprint density at radius 1 is 1.12 bits per heavy atom. The van der Waals surface area contributed by atoms with Crippen molar-refractivity contribution in [3.05, 3.63) is 70.2 Å². The molecule has 2 aromatic carbocycles. The van der Waals surface area contributed by atoms with Crippen molar-refractivity contribution < 1.29 is 13.2 Å². The number of nitrogens with zero attached hydrogens (tertiary/aromatic N) is 3. The molecular formula is C22H23ClN4O3S2. The summed E-state index contributed by atoms with van der Waals surface area (Å²) in [7, 11) is -3.71. The number of carbonyl (C=O) groups excluding carboxylic acids is 1. The monoisotopic (exact) mass is 490 g/mol. The van der Waals surface area contributed by atoms with Crippen LogP contribution in [0.2, 0.25) is 5.02 Å². The number of nitrogens with one attached hydrogen (secondary N) is 1. The number of carbonyl (C=O) groups is 1. The Labute approximate surface area is 196 Å². The van der Waals surface area contributed by atoms with Gasteiger partial charge in [-0.1, -0.05) is 35.4 Å². The molecule has 2 heterocycles. The Bertz CT molecular complexity index is 1200. The lowest BCUT2D eigenvalue weighted by Crippen LogP contribution is -2.49. The number of hydrogen-bond donors (Lipinski definition) is 1. The van der Waals surface area contributed by atoms with E-state index in [-0.39, 0.29) is 22.4 Å². The predicted octanol–water partition coefficient (Wildman–Crippen LogP) is 3.80. The fraction of sp³-hybridized carbons (Fsp3) is 0.273. The van der Waals surface area contributed by atoms with Gasteiger partial charge in [-0.15, -0.1) is 11.3 Å². The van der Waals surface area contributed by atoms with Crippen LogP contribution in [0.5, 0.6) is 0 Å². The van der Waals surface area contributed by atoms with Crippen molar-refractivity contribution in [2.75, 3.05) is 35.8 Å². The van der Waals surface area contributed by atoms with Crippen LogP contribution < -0.4 is 9.62 Å². The van der Waals surface area contributed by atoms with Gasteiger partial charge in [0.2, 0.25) is 5.91 Å². The standard InChI is InChI=1S/C22H23ClN4O3S2/c1-16-5-7-20(8-6-16)32(29,30)25-22-24-18(15-31-22)14-21(28)27-11-9-26(10-12-27)19-4-2-3-17(23)13-19/h2-8,13,15H,9-12,14H2,1H3,(H,24,25). The SMILES string of the molecule is Cc1ccc(S(=O)(=O)Nc2nc(CC(=O)N3CCN(c4cccc(Cl)c4)CC3)cs2)cc1. The zero-order valence-electron chi connectivity index (χ0n) is 17.5. The van der Waals surface area contributed by atoms with Gasteiger partial charge in [0.05, 0.1) is 17.0 Å². The molecule has 0 saturated carbocycles. The van der Waals surface area contributed by atoms with E-state index in [9.17, 15) is 13.2 Å². The Morgan fingerprint density at radius 2 is 1.84 bits per heavy atom. The maximum Gasteiger partial charge on any atom is 0.263 e. The molecule has 1 fully saturated rings. The number of thiazole rings is 1. The van der Waals surface area contributed by atoms with Crippen LogP contribution in [0, 0.1) is 6.92 Å². The summed E-state index contributed by atoms with van der Waals surface area (Å²) < 4.78 is 27.5. The molecule has 1 aromatic heterocycles. The number of aromatic nitrogens is 1. The van der Waals surface area contributed by atoms with Crippen LogP contribution in [-0.4, -0.2) is 50.4 Å². The summed E-state index contributed by atoms with van der Waals surface area (Å²) in [5.41, 5.74) is 2.58. The lowest BCUT2D eigenvalue weighted by atomic mass is 10.2. The molecule has 1 aliphatic rings. The Hall–Kier alpha value is -2.62. The molecule has 1 amide bonds. The number of piperazine rings is 1. The maximum atomic E-state index is 12.7. The van der Waals surface area contributed by atoms with E-state index in [0.29, 0.717) is 23.8 Å². The van der Waals surface area contributed by atoms with Gasteiger partial charge in [-0.05, 0) is 37.3 Å². The molecule has 1 N–H and O–H groups in total. The van der Waals surface area contributed by atoms with Crippen LogP contribution in [0.25, 0.3) is 0 Å². The summed E-state index contributed by atoms with van der Waals surface area (Å²) in [6, 6.07) is 14.3. The minimum Gasteiger partial charge on any atom is -0.368 e. The van der Waals surface area contributed by atoms with Crippen LogP contribution in [-0.2, 0) is 21.2 Å². The van der Waals surface area contributed by atoms with Gasteiger partial charge < -0.3 is 9.80 Å². The van der Waals surface area contributed by atoms with Crippen LogP contribution in [0.4, 0.5) is 10.8 Å². The molecule has 3 aromatic rings. The van der Waals surface area contributed by atoms with Crippen LogP contribution >= 0.6 is 22.9 Å². The van der Waals surface area contributed by atoms with Crippen molar-refractivity contribution in [1.82, 2.24) is 9.88 Å².